The molecule has 1 amide bonds. The normalized spacial score (nSPS) is 10.9. The second kappa shape index (κ2) is 9.15. The number of ether oxygens (including phenoxy) is 1. The number of thioether (sulfide) groups is 1. The summed E-state index contributed by atoms with van der Waals surface area (Å²) in [6.07, 6.45) is 3.16. The second-order valence-corrected chi connectivity index (χ2v) is 7.62. The van der Waals surface area contributed by atoms with Gasteiger partial charge in [0, 0.05) is 5.02 Å². The average Bonchev–Trinajstić information content (AvgIpc) is 3.19. The molecule has 0 radical (unpaired) electrons. The van der Waals surface area contributed by atoms with Gasteiger partial charge < -0.3 is 10.1 Å². The zero-order valence-electron chi connectivity index (χ0n) is 16.1. The molecule has 2 heterocycles. The molecule has 4 rings (SSSR count). The van der Waals surface area contributed by atoms with E-state index < -0.39 is 0 Å². The number of aromatic nitrogens is 4. The third-order valence-electron chi connectivity index (χ3n) is 4.18. The van der Waals surface area contributed by atoms with Crippen molar-refractivity contribution in [1.29, 1.82) is 0 Å². The molecule has 0 spiro atoms. The van der Waals surface area contributed by atoms with Gasteiger partial charge >= 0.3 is 0 Å². The van der Waals surface area contributed by atoms with E-state index in [2.05, 4.69) is 20.4 Å². The lowest BCUT2D eigenvalue weighted by atomic mass is 10.3. The van der Waals surface area contributed by atoms with Gasteiger partial charge in [-0.15, -0.1) is 0 Å². The Morgan fingerprint density at radius 2 is 2.07 bits per heavy atom. The molecule has 0 unspecified atom stereocenters. The van der Waals surface area contributed by atoms with Crippen LogP contribution in [0.25, 0.3) is 16.7 Å². The van der Waals surface area contributed by atoms with Gasteiger partial charge in [0.15, 0.2) is 5.65 Å². The topological polar surface area (TPSA) is 81.9 Å². The van der Waals surface area contributed by atoms with E-state index in [4.69, 9.17) is 16.3 Å². The van der Waals surface area contributed by atoms with Gasteiger partial charge in [0.05, 0.1) is 35.3 Å². The van der Waals surface area contributed by atoms with Crippen LogP contribution in [0.1, 0.15) is 6.92 Å². The molecule has 7 nitrogen and oxygen atoms in total. The smallest absolute Gasteiger partial charge is 0.234 e. The Balaban J connectivity index is 1.50. The van der Waals surface area contributed by atoms with Crippen molar-refractivity contribution < 1.29 is 9.53 Å². The zero-order chi connectivity index (χ0) is 20.9. The first kappa shape index (κ1) is 20.2. The molecule has 2 aromatic heterocycles. The summed E-state index contributed by atoms with van der Waals surface area (Å²) in [7, 11) is 0. The fraction of sp³-hybridized carbons (Fsp3) is 0.143. The first-order valence-corrected chi connectivity index (χ1v) is 10.6. The molecule has 0 saturated carbocycles. The summed E-state index contributed by atoms with van der Waals surface area (Å²) in [6, 6.07) is 14.7. The summed E-state index contributed by atoms with van der Waals surface area (Å²) >= 11 is 7.42. The molecule has 1 N–H and O–H groups in total. The van der Waals surface area contributed by atoms with Crippen molar-refractivity contribution in [3.05, 3.63) is 66.1 Å². The number of fused-ring (bicyclic) bond motifs is 1. The fourth-order valence-corrected chi connectivity index (χ4v) is 3.85. The van der Waals surface area contributed by atoms with Crippen LogP contribution in [-0.4, -0.2) is 38.0 Å². The summed E-state index contributed by atoms with van der Waals surface area (Å²) in [5.41, 5.74) is 2.10. The minimum Gasteiger partial charge on any atom is -0.492 e. The van der Waals surface area contributed by atoms with Crippen molar-refractivity contribution >= 4 is 46.0 Å². The minimum atomic E-state index is -0.152. The summed E-state index contributed by atoms with van der Waals surface area (Å²) in [4.78, 5) is 21.2. The molecule has 4 aromatic rings. The van der Waals surface area contributed by atoms with Gasteiger partial charge in [0.2, 0.25) is 5.91 Å². The molecule has 0 aliphatic heterocycles. The number of carbonyl (C=O) groups excluding carboxylic acids is 1. The van der Waals surface area contributed by atoms with E-state index in [9.17, 15) is 4.79 Å². The number of halogens is 1. The first-order valence-electron chi connectivity index (χ1n) is 9.25. The highest BCUT2D eigenvalue weighted by Gasteiger charge is 2.14. The Morgan fingerprint density at radius 3 is 2.90 bits per heavy atom. The number of nitrogens with one attached hydrogen (secondary N) is 1. The second-order valence-electron chi connectivity index (χ2n) is 6.22. The average molecular weight is 440 g/mol. The molecule has 0 bridgehead atoms. The lowest BCUT2D eigenvalue weighted by Gasteiger charge is -2.11. The highest BCUT2D eigenvalue weighted by molar-refractivity contribution is 8.00. The lowest BCUT2D eigenvalue weighted by Crippen LogP contribution is -2.15. The minimum absolute atomic E-state index is 0.152. The van der Waals surface area contributed by atoms with Gasteiger partial charge in [0.25, 0.3) is 0 Å². The van der Waals surface area contributed by atoms with Gasteiger partial charge in [0.1, 0.15) is 17.1 Å². The van der Waals surface area contributed by atoms with Crippen LogP contribution in [0, 0.1) is 0 Å². The molecular formula is C21H18ClN5O2S. The molecule has 0 fully saturated rings. The van der Waals surface area contributed by atoms with Crippen LogP contribution >= 0.6 is 23.4 Å². The van der Waals surface area contributed by atoms with Crippen LogP contribution in [0.2, 0.25) is 5.02 Å². The maximum atomic E-state index is 12.5. The number of carbonyl (C=O) groups is 1. The summed E-state index contributed by atoms with van der Waals surface area (Å²) < 4.78 is 7.25. The van der Waals surface area contributed by atoms with Crippen LogP contribution < -0.4 is 10.1 Å². The van der Waals surface area contributed by atoms with E-state index in [1.165, 1.54) is 18.1 Å². The predicted molar refractivity (Wildman–Crippen MR) is 119 cm³/mol. The zero-order valence-corrected chi connectivity index (χ0v) is 17.7. The number of amides is 1. The van der Waals surface area contributed by atoms with E-state index >= 15 is 0 Å². The van der Waals surface area contributed by atoms with Crippen LogP contribution in [0.4, 0.5) is 5.69 Å². The highest BCUT2D eigenvalue weighted by Crippen LogP contribution is 2.28. The van der Waals surface area contributed by atoms with Crippen LogP contribution in [0.15, 0.2) is 66.1 Å². The lowest BCUT2D eigenvalue weighted by molar-refractivity contribution is -0.113. The quantitative estimate of drug-likeness (QED) is 0.335. The van der Waals surface area contributed by atoms with Crippen LogP contribution in [-0.2, 0) is 4.79 Å². The Hall–Kier alpha value is -3.10. The summed E-state index contributed by atoms with van der Waals surface area (Å²) in [5.74, 6) is 0.682. The molecule has 9 heteroatoms. The van der Waals surface area contributed by atoms with Crippen molar-refractivity contribution in [2.75, 3.05) is 17.7 Å². The Bertz CT molecular complexity index is 1200. The van der Waals surface area contributed by atoms with E-state index in [0.29, 0.717) is 33.7 Å². The molecule has 30 heavy (non-hydrogen) atoms. The molecule has 0 aliphatic rings. The molecule has 2 aromatic carbocycles. The van der Waals surface area contributed by atoms with Crippen LogP contribution in [0.5, 0.6) is 5.75 Å². The van der Waals surface area contributed by atoms with Crippen molar-refractivity contribution in [2.45, 2.75) is 11.9 Å². The highest BCUT2D eigenvalue weighted by atomic mass is 35.5. The first-order chi connectivity index (χ1) is 14.7. The summed E-state index contributed by atoms with van der Waals surface area (Å²) in [6.45, 7) is 2.43. The molecule has 0 atom stereocenters. The van der Waals surface area contributed by atoms with Gasteiger partial charge in [-0.25, -0.2) is 14.6 Å². The monoisotopic (exact) mass is 439 g/mol. The van der Waals surface area contributed by atoms with E-state index in [-0.39, 0.29) is 11.7 Å². The van der Waals surface area contributed by atoms with Gasteiger partial charge in [-0.2, -0.15) is 5.10 Å². The van der Waals surface area contributed by atoms with E-state index in [1.807, 2.05) is 49.4 Å². The largest absolute Gasteiger partial charge is 0.492 e. The molecule has 0 saturated heterocycles. The van der Waals surface area contributed by atoms with Crippen molar-refractivity contribution in [2.24, 2.45) is 0 Å². The number of hydrogen-bond donors (Lipinski definition) is 1. The molecular weight excluding hydrogens is 422 g/mol. The van der Waals surface area contributed by atoms with E-state index in [0.717, 1.165) is 11.1 Å². The molecule has 0 aliphatic carbocycles. The maximum absolute atomic E-state index is 12.5. The van der Waals surface area contributed by atoms with Gasteiger partial charge in [-0.1, -0.05) is 41.6 Å². The fourth-order valence-electron chi connectivity index (χ4n) is 2.91. The number of rotatable bonds is 7. The Kier molecular flexibility index (Phi) is 6.15. The standard InChI is InChI=1S/C21H18ClN5O2S/c1-2-29-18-9-4-3-8-17(18)26-19(28)12-30-21-16-11-25-27(20(16)23-13-24-21)15-7-5-6-14(22)10-15/h3-11,13H,2,12H2,1H3,(H,26,28). The van der Waals surface area contributed by atoms with Crippen molar-refractivity contribution in [3.63, 3.8) is 0 Å². The Morgan fingerprint density at radius 1 is 1.20 bits per heavy atom. The van der Waals surface area contributed by atoms with Gasteiger partial charge in [-0.3, -0.25) is 4.79 Å². The SMILES string of the molecule is CCOc1ccccc1NC(=O)CSc1ncnc2c1cnn2-c1cccc(Cl)c1. The van der Waals surface area contributed by atoms with Crippen molar-refractivity contribution in [3.8, 4) is 11.4 Å². The summed E-state index contributed by atoms with van der Waals surface area (Å²) in [5, 5.41) is 9.37. The number of para-hydroxylation sites is 2. The van der Waals surface area contributed by atoms with Crippen LogP contribution in [0.3, 0.4) is 0 Å². The number of anilines is 1. The van der Waals surface area contributed by atoms with E-state index in [1.54, 1.807) is 16.9 Å². The Labute approximate surface area is 182 Å². The maximum Gasteiger partial charge on any atom is 0.234 e. The van der Waals surface area contributed by atoms with Crippen molar-refractivity contribution in [1.82, 2.24) is 19.7 Å². The third-order valence-corrected chi connectivity index (χ3v) is 5.42. The molecule has 152 valence electrons. The predicted octanol–water partition coefficient (Wildman–Crippen LogP) is 4.60. The van der Waals surface area contributed by atoms with Gasteiger partial charge in [-0.05, 0) is 37.3 Å². The number of hydrogen-bond acceptors (Lipinski definition) is 6. The number of nitrogens with zero attached hydrogens (tertiary/aromatic N) is 4. The number of benzene rings is 2. The third kappa shape index (κ3) is 4.39.